The van der Waals surface area contributed by atoms with Gasteiger partial charge in [-0.05, 0) is 45.0 Å². The second-order valence-electron chi connectivity index (χ2n) is 8.80. The van der Waals surface area contributed by atoms with E-state index < -0.39 is 0 Å². The van der Waals surface area contributed by atoms with Crippen LogP contribution in [0.5, 0.6) is 11.5 Å². The molecule has 2 heterocycles. The summed E-state index contributed by atoms with van der Waals surface area (Å²) in [5.74, 6) is 1.28. The van der Waals surface area contributed by atoms with Crippen LogP contribution in [0.4, 0.5) is 5.69 Å². The van der Waals surface area contributed by atoms with E-state index in [1.165, 1.54) is 0 Å². The van der Waals surface area contributed by atoms with E-state index in [-0.39, 0.29) is 5.91 Å². The van der Waals surface area contributed by atoms with E-state index in [0.29, 0.717) is 36.3 Å². The van der Waals surface area contributed by atoms with Gasteiger partial charge >= 0.3 is 0 Å². The number of fused-ring (bicyclic) bond motifs is 1. The molecule has 0 radical (unpaired) electrons. The Hall–Kier alpha value is -3.38. The van der Waals surface area contributed by atoms with Gasteiger partial charge in [0.15, 0.2) is 11.5 Å². The SMILES string of the molecule is CCCN(CCOc1ccc(N2Cc3cnc(-c4ccccc4)cc3C2=O)cc1OC)C(C)C. The third-order valence-corrected chi connectivity index (χ3v) is 6.20. The van der Waals surface area contributed by atoms with Crippen LogP contribution in [0.25, 0.3) is 11.3 Å². The number of nitrogens with zero attached hydrogens (tertiary/aromatic N) is 3. The van der Waals surface area contributed by atoms with E-state index in [4.69, 9.17) is 9.47 Å². The van der Waals surface area contributed by atoms with Gasteiger partial charge < -0.3 is 14.4 Å². The summed E-state index contributed by atoms with van der Waals surface area (Å²) >= 11 is 0. The van der Waals surface area contributed by atoms with Crippen molar-refractivity contribution < 1.29 is 14.3 Å². The molecular weight excluding hydrogens is 426 g/mol. The summed E-state index contributed by atoms with van der Waals surface area (Å²) in [7, 11) is 1.63. The third-order valence-electron chi connectivity index (χ3n) is 6.20. The number of aromatic nitrogens is 1. The predicted molar refractivity (Wildman–Crippen MR) is 136 cm³/mol. The number of benzene rings is 2. The zero-order valence-electron chi connectivity index (χ0n) is 20.5. The number of ether oxygens (including phenoxy) is 2. The summed E-state index contributed by atoms with van der Waals surface area (Å²) in [6.07, 6.45) is 2.92. The van der Waals surface area contributed by atoms with Crippen LogP contribution in [-0.4, -0.2) is 48.6 Å². The van der Waals surface area contributed by atoms with Crippen LogP contribution in [-0.2, 0) is 6.54 Å². The Morgan fingerprint density at radius 2 is 1.85 bits per heavy atom. The molecule has 178 valence electrons. The number of carbonyl (C=O) groups excluding carboxylic acids is 1. The first-order valence-corrected chi connectivity index (χ1v) is 11.9. The number of methoxy groups -OCH3 is 1. The first-order valence-electron chi connectivity index (χ1n) is 11.9. The molecule has 0 aliphatic carbocycles. The van der Waals surface area contributed by atoms with Crippen LogP contribution in [0, 0.1) is 0 Å². The Morgan fingerprint density at radius 3 is 2.56 bits per heavy atom. The minimum absolute atomic E-state index is 0.0301. The molecule has 0 N–H and O–H groups in total. The van der Waals surface area contributed by atoms with Crippen molar-refractivity contribution in [2.75, 3.05) is 31.7 Å². The molecule has 1 amide bonds. The maximum Gasteiger partial charge on any atom is 0.259 e. The molecule has 4 rings (SSSR count). The number of hydrogen-bond donors (Lipinski definition) is 0. The van der Waals surface area contributed by atoms with Crippen LogP contribution in [0.1, 0.15) is 43.1 Å². The van der Waals surface area contributed by atoms with Crippen LogP contribution in [0.15, 0.2) is 60.8 Å². The fourth-order valence-corrected chi connectivity index (χ4v) is 4.30. The van der Waals surface area contributed by atoms with Gasteiger partial charge in [-0.2, -0.15) is 0 Å². The quantitative estimate of drug-likeness (QED) is 0.405. The number of carbonyl (C=O) groups is 1. The van der Waals surface area contributed by atoms with Crippen molar-refractivity contribution in [3.8, 4) is 22.8 Å². The summed E-state index contributed by atoms with van der Waals surface area (Å²) in [5, 5.41) is 0. The largest absolute Gasteiger partial charge is 0.493 e. The van der Waals surface area contributed by atoms with Crippen LogP contribution < -0.4 is 14.4 Å². The van der Waals surface area contributed by atoms with Gasteiger partial charge in [0.1, 0.15) is 6.61 Å². The highest BCUT2D eigenvalue weighted by Crippen LogP contribution is 2.36. The number of amides is 1. The Morgan fingerprint density at radius 1 is 1.06 bits per heavy atom. The van der Waals surface area contributed by atoms with Gasteiger partial charge in [0.2, 0.25) is 0 Å². The first kappa shape index (κ1) is 23.8. The van der Waals surface area contributed by atoms with Crippen LogP contribution in [0.3, 0.4) is 0 Å². The normalized spacial score (nSPS) is 13.0. The molecule has 1 aromatic heterocycles. The van der Waals surface area contributed by atoms with Crippen molar-refractivity contribution in [3.05, 3.63) is 71.9 Å². The number of hydrogen-bond acceptors (Lipinski definition) is 5. The van der Waals surface area contributed by atoms with Crippen molar-refractivity contribution in [1.29, 1.82) is 0 Å². The molecule has 0 saturated heterocycles. The van der Waals surface area contributed by atoms with Crippen molar-refractivity contribution in [2.24, 2.45) is 0 Å². The lowest BCUT2D eigenvalue weighted by Gasteiger charge is -2.26. The Balaban J connectivity index is 1.48. The van der Waals surface area contributed by atoms with Gasteiger partial charge in [-0.25, -0.2) is 0 Å². The van der Waals surface area contributed by atoms with Gasteiger partial charge in [-0.15, -0.1) is 0 Å². The maximum atomic E-state index is 13.3. The lowest BCUT2D eigenvalue weighted by atomic mass is 10.1. The monoisotopic (exact) mass is 459 g/mol. The minimum Gasteiger partial charge on any atom is -0.493 e. The summed E-state index contributed by atoms with van der Waals surface area (Å²) in [5.41, 5.74) is 4.19. The molecule has 1 aliphatic rings. The van der Waals surface area contributed by atoms with E-state index in [1.807, 2.05) is 54.6 Å². The molecule has 0 unspecified atom stereocenters. The molecule has 2 aromatic carbocycles. The van der Waals surface area contributed by atoms with E-state index >= 15 is 0 Å². The van der Waals surface area contributed by atoms with Crippen molar-refractivity contribution in [1.82, 2.24) is 9.88 Å². The van der Waals surface area contributed by atoms with Gasteiger partial charge in [0.25, 0.3) is 5.91 Å². The summed E-state index contributed by atoms with van der Waals surface area (Å²) in [4.78, 5) is 22.0. The van der Waals surface area contributed by atoms with Crippen LogP contribution >= 0.6 is 0 Å². The summed E-state index contributed by atoms with van der Waals surface area (Å²) in [6, 6.07) is 17.9. The van der Waals surface area contributed by atoms with Crippen molar-refractivity contribution >= 4 is 11.6 Å². The highest BCUT2D eigenvalue weighted by Gasteiger charge is 2.30. The van der Waals surface area contributed by atoms with E-state index in [9.17, 15) is 4.79 Å². The molecule has 0 bridgehead atoms. The smallest absolute Gasteiger partial charge is 0.259 e. The third kappa shape index (κ3) is 5.07. The topological polar surface area (TPSA) is 54.9 Å². The molecule has 0 spiro atoms. The molecule has 0 saturated carbocycles. The number of rotatable bonds is 10. The average molecular weight is 460 g/mol. The lowest BCUT2D eigenvalue weighted by Crippen LogP contribution is -2.35. The molecule has 0 atom stereocenters. The fraction of sp³-hybridized carbons (Fsp3) is 0.357. The number of pyridine rings is 1. The van der Waals surface area contributed by atoms with Crippen molar-refractivity contribution in [3.63, 3.8) is 0 Å². The highest BCUT2D eigenvalue weighted by molar-refractivity contribution is 6.10. The summed E-state index contributed by atoms with van der Waals surface area (Å²) in [6.45, 7) is 9.57. The Bertz CT molecular complexity index is 1130. The lowest BCUT2D eigenvalue weighted by molar-refractivity contribution is 0.0996. The predicted octanol–water partition coefficient (Wildman–Crippen LogP) is 5.42. The molecule has 34 heavy (non-hydrogen) atoms. The van der Waals surface area contributed by atoms with Gasteiger partial charge in [-0.3, -0.25) is 14.7 Å². The minimum atomic E-state index is -0.0301. The van der Waals surface area contributed by atoms with E-state index in [0.717, 1.165) is 42.0 Å². The second kappa shape index (κ2) is 10.7. The zero-order valence-corrected chi connectivity index (χ0v) is 20.5. The molecule has 6 heteroatoms. The molecule has 3 aromatic rings. The molecule has 6 nitrogen and oxygen atoms in total. The van der Waals surface area contributed by atoms with Gasteiger partial charge in [0.05, 0.1) is 19.3 Å². The highest BCUT2D eigenvalue weighted by atomic mass is 16.5. The molecular formula is C28H33N3O3. The first-order chi connectivity index (χ1) is 16.5. The van der Waals surface area contributed by atoms with Gasteiger partial charge in [-0.1, -0.05) is 37.3 Å². The van der Waals surface area contributed by atoms with Crippen molar-refractivity contribution in [2.45, 2.75) is 39.8 Å². The van der Waals surface area contributed by atoms with Crippen LogP contribution in [0.2, 0.25) is 0 Å². The number of anilines is 1. The Kier molecular flexibility index (Phi) is 7.48. The summed E-state index contributed by atoms with van der Waals surface area (Å²) < 4.78 is 11.6. The maximum absolute atomic E-state index is 13.3. The van der Waals surface area contributed by atoms with E-state index in [1.54, 1.807) is 18.2 Å². The second-order valence-corrected chi connectivity index (χ2v) is 8.80. The fourth-order valence-electron chi connectivity index (χ4n) is 4.30. The average Bonchev–Trinajstić information content (AvgIpc) is 3.19. The molecule has 0 fully saturated rings. The Labute approximate surface area is 202 Å². The van der Waals surface area contributed by atoms with E-state index in [2.05, 4.69) is 30.7 Å². The zero-order chi connectivity index (χ0) is 24.1. The standard InChI is InChI=1S/C28H33N3O3/c1-5-13-30(20(2)3)14-15-34-26-12-11-23(16-27(26)33-4)31-19-22-18-29-25(17-24(22)28(31)32)21-9-7-6-8-10-21/h6-12,16-18,20H,5,13-15,19H2,1-4H3. The van der Waals surface area contributed by atoms with Gasteiger partial charge in [0, 0.05) is 47.2 Å². The molecule has 1 aliphatic heterocycles.